The molecule has 0 fully saturated rings. The van der Waals surface area contributed by atoms with Crippen LogP contribution in [0.15, 0.2) is 12.1 Å². The van der Waals surface area contributed by atoms with Crippen molar-refractivity contribution in [1.29, 1.82) is 0 Å². The summed E-state index contributed by atoms with van der Waals surface area (Å²) < 4.78 is 5.00. The predicted molar refractivity (Wildman–Crippen MR) is 58.8 cm³/mol. The number of H-pyrrole nitrogens is 1. The summed E-state index contributed by atoms with van der Waals surface area (Å²) >= 11 is 0. The number of ether oxygens (including phenoxy) is 1. The number of nitrogens with one attached hydrogen (secondary N) is 1. The monoisotopic (exact) mass is 205 g/mol. The molecule has 0 radical (unpaired) electrons. The highest BCUT2D eigenvalue weighted by atomic mass is 16.5. The number of hydrogen-bond donors (Lipinski definition) is 1. The molecule has 2 heterocycles. The molecule has 2 aromatic rings. The Morgan fingerprint density at radius 2 is 2.20 bits per heavy atom. The van der Waals surface area contributed by atoms with Crippen molar-refractivity contribution in [2.75, 3.05) is 13.7 Å². The molecule has 15 heavy (non-hydrogen) atoms. The molecule has 4 nitrogen and oxygen atoms in total. The number of nitrogens with zero attached hydrogens (tertiary/aromatic N) is 2. The van der Waals surface area contributed by atoms with E-state index in [4.69, 9.17) is 4.74 Å². The number of hydrogen-bond acceptors (Lipinski definition) is 3. The van der Waals surface area contributed by atoms with Crippen LogP contribution in [0, 0.1) is 6.92 Å². The maximum Gasteiger partial charge on any atom is 0.177 e. The summed E-state index contributed by atoms with van der Waals surface area (Å²) in [5.74, 6) is 0.986. The molecule has 0 aliphatic heterocycles. The molecule has 0 spiro atoms. The second-order valence-corrected chi connectivity index (χ2v) is 3.60. The van der Waals surface area contributed by atoms with E-state index in [0.717, 1.165) is 42.1 Å². The first-order valence-corrected chi connectivity index (χ1v) is 5.11. The number of methoxy groups -OCH3 is 1. The van der Waals surface area contributed by atoms with Gasteiger partial charge < -0.3 is 9.72 Å². The number of aromatic nitrogens is 3. The standard InChI is InChI=1S/C11H15N3O/c1-8-5-6-9-11(12-8)14-10(13-9)4-3-7-15-2/h5-6H,3-4,7H2,1-2H3,(H,12,13,14). The van der Waals surface area contributed by atoms with Crippen LogP contribution in [0.5, 0.6) is 0 Å². The Kier molecular flexibility index (Phi) is 2.97. The number of aryl methyl sites for hydroxylation is 2. The molecule has 0 saturated heterocycles. The van der Waals surface area contributed by atoms with Crippen LogP contribution in [0.2, 0.25) is 0 Å². The van der Waals surface area contributed by atoms with Crippen molar-refractivity contribution in [3.05, 3.63) is 23.7 Å². The average Bonchev–Trinajstić information content (AvgIpc) is 2.60. The van der Waals surface area contributed by atoms with Crippen molar-refractivity contribution in [3.63, 3.8) is 0 Å². The molecule has 80 valence electrons. The van der Waals surface area contributed by atoms with Gasteiger partial charge in [0.15, 0.2) is 5.65 Å². The summed E-state index contributed by atoms with van der Waals surface area (Å²) in [6, 6.07) is 4.00. The molecule has 0 bridgehead atoms. The molecule has 0 unspecified atom stereocenters. The van der Waals surface area contributed by atoms with Crippen molar-refractivity contribution >= 4 is 11.2 Å². The van der Waals surface area contributed by atoms with E-state index in [-0.39, 0.29) is 0 Å². The van der Waals surface area contributed by atoms with Gasteiger partial charge in [-0.3, -0.25) is 0 Å². The second kappa shape index (κ2) is 4.40. The van der Waals surface area contributed by atoms with Crippen molar-refractivity contribution in [3.8, 4) is 0 Å². The SMILES string of the molecule is COCCCc1nc2nc(C)ccc2[nH]1. The molecule has 2 aromatic heterocycles. The fraction of sp³-hybridized carbons (Fsp3) is 0.455. The van der Waals surface area contributed by atoms with Gasteiger partial charge >= 0.3 is 0 Å². The predicted octanol–water partition coefficient (Wildman–Crippen LogP) is 1.85. The van der Waals surface area contributed by atoms with E-state index in [1.165, 1.54) is 0 Å². The lowest BCUT2D eigenvalue weighted by molar-refractivity contribution is 0.194. The zero-order chi connectivity index (χ0) is 10.7. The fourth-order valence-corrected chi connectivity index (χ4v) is 1.54. The van der Waals surface area contributed by atoms with E-state index in [0.29, 0.717) is 0 Å². The Labute approximate surface area is 88.7 Å². The molecule has 0 aliphatic rings. The minimum Gasteiger partial charge on any atom is -0.385 e. The lowest BCUT2D eigenvalue weighted by Gasteiger charge is -1.94. The van der Waals surface area contributed by atoms with Crippen LogP contribution in [0.1, 0.15) is 17.9 Å². The quantitative estimate of drug-likeness (QED) is 0.775. The van der Waals surface area contributed by atoms with Gasteiger partial charge in [-0.1, -0.05) is 0 Å². The van der Waals surface area contributed by atoms with Gasteiger partial charge in [0.1, 0.15) is 5.82 Å². The summed E-state index contributed by atoms with van der Waals surface area (Å²) in [5.41, 5.74) is 2.81. The third kappa shape index (κ3) is 2.33. The van der Waals surface area contributed by atoms with Crippen LogP contribution in [0.25, 0.3) is 11.2 Å². The summed E-state index contributed by atoms with van der Waals surface area (Å²) in [6.45, 7) is 2.74. The van der Waals surface area contributed by atoms with Gasteiger partial charge in [0.2, 0.25) is 0 Å². The van der Waals surface area contributed by atoms with Gasteiger partial charge in [0.25, 0.3) is 0 Å². The largest absolute Gasteiger partial charge is 0.385 e. The molecular formula is C11H15N3O. The van der Waals surface area contributed by atoms with E-state index in [9.17, 15) is 0 Å². The third-order valence-corrected chi connectivity index (χ3v) is 2.30. The summed E-state index contributed by atoms with van der Waals surface area (Å²) in [7, 11) is 1.71. The van der Waals surface area contributed by atoms with Crippen molar-refractivity contribution in [2.45, 2.75) is 19.8 Å². The molecular weight excluding hydrogens is 190 g/mol. The van der Waals surface area contributed by atoms with Crippen LogP contribution in [0.3, 0.4) is 0 Å². The molecule has 4 heteroatoms. The molecule has 0 amide bonds. The second-order valence-electron chi connectivity index (χ2n) is 3.60. The first-order chi connectivity index (χ1) is 7.29. The third-order valence-electron chi connectivity index (χ3n) is 2.30. The van der Waals surface area contributed by atoms with Crippen molar-refractivity contribution < 1.29 is 4.74 Å². The highest BCUT2D eigenvalue weighted by Crippen LogP contribution is 2.10. The van der Waals surface area contributed by atoms with Gasteiger partial charge in [-0.2, -0.15) is 0 Å². The minimum atomic E-state index is 0.767. The molecule has 0 aromatic carbocycles. The minimum absolute atomic E-state index is 0.767. The number of imidazole rings is 1. The van der Waals surface area contributed by atoms with Crippen molar-refractivity contribution in [2.24, 2.45) is 0 Å². The van der Waals surface area contributed by atoms with E-state index in [1.54, 1.807) is 7.11 Å². The average molecular weight is 205 g/mol. The van der Waals surface area contributed by atoms with Gasteiger partial charge in [0.05, 0.1) is 5.52 Å². The van der Waals surface area contributed by atoms with Crippen LogP contribution in [-0.4, -0.2) is 28.7 Å². The van der Waals surface area contributed by atoms with Crippen LogP contribution in [0.4, 0.5) is 0 Å². The van der Waals surface area contributed by atoms with E-state index >= 15 is 0 Å². The van der Waals surface area contributed by atoms with Crippen LogP contribution < -0.4 is 0 Å². The zero-order valence-electron chi connectivity index (χ0n) is 9.08. The highest BCUT2D eigenvalue weighted by Gasteiger charge is 2.03. The Morgan fingerprint density at radius 1 is 1.33 bits per heavy atom. The summed E-state index contributed by atoms with van der Waals surface area (Å²) in [6.07, 6.45) is 1.89. The van der Waals surface area contributed by atoms with Crippen molar-refractivity contribution in [1.82, 2.24) is 15.0 Å². The molecule has 0 aliphatic carbocycles. The van der Waals surface area contributed by atoms with Gasteiger partial charge in [-0.15, -0.1) is 0 Å². The zero-order valence-corrected chi connectivity index (χ0v) is 9.08. The summed E-state index contributed by atoms with van der Waals surface area (Å²) in [4.78, 5) is 12.0. The normalized spacial score (nSPS) is 11.1. The molecule has 1 N–H and O–H groups in total. The lowest BCUT2D eigenvalue weighted by Crippen LogP contribution is -1.94. The summed E-state index contributed by atoms with van der Waals surface area (Å²) in [5, 5.41) is 0. The highest BCUT2D eigenvalue weighted by molar-refractivity contribution is 5.70. The topological polar surface area (TPSA) is 50.8 Å². The first kappa shape index (κ1) is 10.1. The number of pyridine rings is 1. The van der Waals surface area contributed by atoms with E-state index in [1.807, 2.05) is 19.1 Å². The Hall–Kier alpha value is -1.42. The number of rotatable bonds is 4. The van der Waals surface area contributed by atoms with Gasteiger partial charge in [-0.25, -0.2) is 9.97 Å². The van der Waals surface area contributed by atoms with Gasteiger partial charge in [0, 0.05) is 25.8 Å². The van der Waals surface area contributed by atoms with Gasteiger partial charge in [-0.05, 0) is 25.5 Å². The first-order valence-electron chi connectivity index (χ1n) is 5.11. The Balaban J connectivity index is 2.16. The Morgan fingerprint density at radius 3 is 3.00 bits per heavy atom. The maximum atomic E-state index is 5.00. The van der Waals surface area contributed by atoms with E-state index in [2.05, 4.69) is 15.0 Å². The maximum absolute atomic E-state index is 5.00. The van der Waals surface area contributed by atoms with Crippen LogP contribution >= 0.6 is 0 Å². The van der Waals surface area contributed by atoms with E-state index < -0.39 is 0 Å². The molecule has 2 rings (SSSR count). The number of aromatic amines is 1. The Bertz CT molecular complexity index is 450. The number of fused-ring (bicyclic) bond motifs is 1. The van der Waals surface area contributed by atoms with Crippen LogP contribution in [-0.2, 0) is 11.2 Å². The lowest BCUT2D eigenvalue weighted by atomic mass is 10.3. The molecule has 0 saturated carbocycles. The fourth-order valence-electron chi connectivity index (χ4n) is 1.54. The smallest absolute Gasteiger partial charge is 0.177 e. The molecule has 0 atom stereocenters.